The molecule has 3 aliphatic rings. The molecule has 4 atom stereocenters. The van der Waals surface area contributed by atoms with Crippen LogP contribution in [-0.2, 0) is 9.53 Å². The van der Waals surface area contributed by atoms with Crippen LogP contribution in [0.25, 0.3) is 0 Å². The molecule has 3 rings (SSSR count). The van der Waals surface area contributed by atoms with Crippen molar-refractivity contribution in [1.29, 1.82) is 0 Å². The number of ether oxygens (including phenoxy) is 1. The van der Waals surface area contributed by atoms with Gasteiger partial charge in [0.1, 0.15) is 5.78 Å². The Kier molecular flexibility index (Phi) is 1.74. The minimum atomic E-state index is 0.0479. The Hall–Kier alpha value is -0.370. The van der Waals surface area contributed by atoms with Crippen LogP contribution in [0.15, 0.2) is 0 Å². The second-order valence-electron chi connectivity index (χ2n) is 6.53. The molecule has 0 aromatic rings. The molecular weight excluding hydrogens is 188 g/mol. The topological polar surface area (TPSA) is 29.6 Å². The number of Topliss-reactive ketones (excluding diaryl/α,β-unsaturated/α-hetero) is 1. The third-order valence-electron chi connectivity index (χ3n) is 5.02. The maximum atomic E-state index is 12.0. The van der Waals surface area contributed by atoms with Crippen LogP contribution >= 0.6 is 0 Å². The predicted molar refractivity (Wildman–Crippen MR) is 57.5 cm³/mol. The van der Waals surface area contributed by atoms with Gasteiger partial charge < -0.3 is 4.74 Å². The molecular formula is C13H20O2. The van der Waals surface area contributed by atoms with Crippen molar-refractivity contribution < 1.29 is 9.53 Å². The molecule has 84 valence electrons. The van der Waals surface area contributed by atoms with Crippen molar-refractivity contribution in [3.05, 3.63) is 0 Å². The summed E-state index contributed by atoms with van der Waals surface area (Å²) in [6.07, 6.45) is 4.34. The van der Waals surface area contributed by atoms with E-state index in [0.717, 1.165) is 12.8 Å². The zero-order chi connectivity index (χ0) is 10.8. The summed E-state index contributed by atoms with van der Waals surface area (Å²) in [5.41, 5.74) is 0.435. The summed E-state index contributed by atoms with van der Waals surface area (Å²) in [4.78, 5) is 12.0. The molecule has 2 heteroatoms. The molecule has 0 spiro atoms. The summed E-state index contributed by atoms with van der Waals surface area (Å²) < 4.78 is 5.67. The number of epoxide rings is 1. The molecule has 1 heterocycles. The summed E-state index contributed by atoms with van der Waals surface area (Å²) >= 11 is 0. The van der Waals surface area contributed by atoms with Crippen LogP contribution in [0.1, 0.15) is 46.5 Å². The lowest BCUT2D eigenvalue weighted by Crippen LogP contribution is -2.49. The number of fused-ring (bicyclic) bond motifs is 2. The van der Waals surface area contributed by atoms with Gasteiger partial charge in [0.05, 0.1) is 11.7 Å². The smallest absolute Gasteiger partial charge is 0.138 e. The summed E-state index contributed by atoms with van der Waals surface area (Å²) in [5.74, 6) is 1.44. The van der Waals surface area contributed by atoms with E-state index in [4.69, 9.17) is 4.74 Å². The van der Waals surface area contributed by atoms with Gasteiger partial charge >= 0.3 is 0 Å². The SMILES string of the molecule is CC1(C)CC2C(=O)CC3OC3(C)CCC21. The lowest BCUT2D eigenvalue weighted by atomic mass is 9.52. The highest BCUT2D eigenvalue weighted by Gasteiger charge is 2.59. The van der Waals surface area contributed by atoms with Gasteiger partial charge in [0.25, 0.3) is 0 Å². The first-order valence-electron chi connectivity index (χ1n) is 6.13. The molecule has 2 nitrogen and oxygen atoms in total. The Morgan fingerprint density at radius 1 is 1.33 bits per heavy atom. The molecule has 0 amide bonds. The summed E-state index contributed by atoms with van der Waals surface area (Å²) in [5, 5.41) is 0. The molecule has 0 radical (unpaired) electrons. The number of hydrogen-bond acceptors (Lipinski definition) is 2. The van der Waals surface area contributed by atoms with E-state index < -0.39 is 0 Å². The highest BCUT2D eigenvalue weighted by molar-refractivity contribution is 5.83. The van der Waals surface area contributed by atoms with E-state index in [0.29, 0.717) is 29.5 Å². The van der Waals surface area contributed by atoms with E-state index in [1.165, 1.54) is 6.42 Å². The zero-order valence-electron chi connectivity index (χ0n) is 9.88. The summed E-state index contributed by atoms with van der Waals surface area (Å²) in [6.45, 7) is 6.77. The summed E-state index contributed by atoms with van der Waals surface area (Å²) in [6, 6.07) is 0. The van der Waals surface area contributed by atoms with Gasteiger partial charge in [0.15, 0.2) is 0 Å². The van der Waals surface area contributed by atoms with E-state index in [2.05, 4.69) is 20.8 Å². The Morgan fingerprint density at radius 2 is 2.07 bits per heavy atom. The van der Waals surface area contributed by atoms with Crippen molar-refractivity contribution in [2.24, 2.45) is 17.3 Å². The van der Waals surface area contributed by atoms with Crippen molar-refractivity contribution in [3.63, 3.8) is 0 Å². The van der Waals surface area contributed by atoms with Gasteiger partial charge in [-0.25, -0.2) is 0 Å². The Morgan fingerprint density at radius 3 is 2.73 bits per heavy atom. The van der Waals surface area contributed by atoms with E-state index in [-0.39, 0.29) is 11.7 Å². The van der Waals surface area contributed by atoms with Gasteiger partial charge in [0, 0.05) is 12.3 Å². The van der Waals surface area contributed by atoms with Crippen LogP contribution in [0.5, 0.6) is 0 Å². The first-order chi connectivity index (χ1) is 6.92. The number of ketones is 1. The van der Waals surface area contributed by atoms with Gasteiger partial charge in [-0.3, -0.25) is 4.79 Å². The fraction of sp³-hybridized carbons (Fsp3) is 0.923. The Balaban J connectivity index is 1.80. The van der Waals surface area contributed by atoms with Gasteiger partial charge in [-0.05, 0) is 37.5 Å². The first kappa shape index (κ1) is 9.83. The highest BCUT2D eigenvalue weighted by Crippen LogP contribution is 2.58. The number of rotatable bonds is 0. The zero-order valence-corrected chi connectivity index (χ0v) is 9.88. The molecule has 2 saturated carbocycles. The second kappa shape index (κ2) is 2.65. The third-order valence-corrected chi connectivity index (χ3v) is 5.02. The molecule has 0 aromatic heterocycles. The number of carbonyl (C=O) groups is 1. The Labute approximate surface area is 91.4 Å². The maximum absolute atomic E-state index is 12.0. The molecule has 0 bridgehead atoms. The monoisotopic (exact) mass is 208 g/mol. The highest BCUT2D eigenvalue weighted by atomic mass is 16.6. The molecule has 1 aliphatic heterocycles. The molecule has 2 aliphatic carbocycles. The second-order valence-corrected chi connectivity index (χ2v) is 6.53. The van der Waals surface area contributed by atoms with Crippen LogP contribution in [0.4, 0.5) is 0 Å². The van der Waals surface area contributed by atoms with Crippen molar-refractivity contribution in [2.45, 2.75) is 58.2 Å². The van der Waals surface area contributed by atoms with Gasteiger partial charge in [-0.2, -0.15) is 0 Å². The fourth-order valence-corrected chi connectivity index (χ4v) is 3.72. The van der Waals surface area contributed by atoms with E-state index >= 15 is 0 Å². The van der Waals surface area contributed by atoms with Crippen LogP contribution < -0.4 is 0 Å². The molecule has 15 heavy (non-hydrogen) atoms. The van der Waals surface area contributed by atoms with Gasteiger partial charge in [-0.1, -0.05) is 13.8 Å². The molecule has 0 aromatic carbocycles. The third kappa shape index (κ3) is 1.30. The van der Waals surface area contributed by atoms with E-state index in [1.807, 2.05) is 0 Å². The maximum Gasteiger partial charge on any atom is 0.138 e. The average molecular weight is 208 g/mol. The van der Waals surface area contributed by atoms with Crippen LogP contribution in [0.3, 0.4) is 0 Å². The quantitative estimate of drug-likeness (QED) is 0.573. The average Bonchev–Trinajstić information content (AvgIpc) is 2.71. The molecule has 4 unspecified atom stereocenters. The molecule has 3 fully saturated rings. The minimum Gasteiger partial charge on any atom is -0.366 e. The van der Waals surface area contributed by atoms with E-state index in [9.17, 15) is 4.79 Å². The van der Waals surface area contributed by atoms with Crippen LogP contribution in [-0.4, -0.2) is 17.5 Å². The van der Waals surface area contributed by atoms with Crippen molar-refractivity contribution in [3.8, 4) is 0 Å². The van der Waals surface area contributed by atoms with E-state index in [1.54, 1.807) is 0 Å². The Bertz CT molecular complexity index is 320. The van der Waals surface area contributed by atoms with Crippen molar-refractivity contribution in [2.75, 3.05) is 0 Å². The largest absolute Gasteiger partial charge is 0.366 e. The summed E-state index contributed by atoms with van der Waals surface area (Å²) in [7, 11) is 0. The number of carbonyl (C=O) groups excluding carboxylic acids is 1. The normalized spacial score (nSPS) is 51.9. The van der Waals surface area contributed by atoms with Crippen LogP contribution in [0.2, 0.25) is 0 Å². The standard InChI is InChI=1S/C13H20O2/c1-12(2)7-8-9(12)4-5-13(3)11(15-13)6-10(8)14/h8-9,11H,4-7H2,1-3H3. The van der Waals surface area contributed by atoms with Gasteiger partial charge in [-0.15, -0.1) is 0 Å². The fourth-order valence-electron chi connectivity index (χ4n) is 3.72. The molecule has 0 N–H and O–H groups in total. The van der Waals surface area contributed by atoms with Crippen molar-refractivity contribution >= 4 is 5.78 Å². The molecule has 1 saturated heterocycles. The lowest BCUT2D eigenvalue weighted by Gasteiger charge is -2.52. The minimum absolute atomic E-state index is 0.0479. The number of hydrogen-bond donors (Lipinski definition) is 0. The first-order valence-corrected chi connectivity index (χ1v) is 6.13. The van der Waals surface area contributed by atoms with Gasteiger partial charge in [0.2, 0.25) is 0 Å². The van der Waals surface area contributed by atoms with Crippen molar-refractivity contribution in [1.82, 2.24) is 0 Å². The lowest BCUT2D eigenvalue weighted by molar-refractivity contribution is -0.138. The predicted octanol–water partition coefficient (Wildman–Crippen LogP) is 2.56. The van der Waals surface area contributed by atoms with Crippen LogP contribution in [0, 0.1) is 17.3 Å².